The summed E-state index contributed by atoms with van der Waals surface area (Å²) >= 11 is 3.39. The van der Waals surface area contributed by atoms with E-state index in [1.54, 1.807) is 18.2 Å². The van der Waals surface area contributed by atoms with Crippen LogP contribution in [-0.4, -0.2) is 36.6 Å². The molecule has 2 aromatic rings. The second-order valence-corrected chi connectivity index (χ2v) is 8.15. The second kappa shape index (κ2) is 7.53. The van der Waals surface area contributed by atoms with Crippen LogP contribution in [0.2, 0.25) is 0 Å². The van der Waals surface area contributed by atoms with Crippen LogP contribution in [-0.2, 0) is 4.74 Å². The number of nitrogens with zero attached hydrogens (tertiary/aromatic N) is 1. The van der Waals surface area contributed by atoms with Gasteiger partial charge in [0.1, 0.15) is 11.1 Å². The highest BCUT2D eigenvalue weighted by Crippen LogP contribution is 2.31. The van der Waals surface area contributed by atoms with Crippen molar-refractivity contribution in [2.75, 3.05) is 19.7 Å². The minimum Gasteiger partial charge on any atom is -0.462 e. The molecule has 0 spiro atoms. The predicted octanol–water partition coefficient (Wildman–Crippen LogP) is 3.98. The second-order valence-electron chi connectivity index (χ2n) is 7.23. The van der Waals surface area contributed by atoms with Gasteiger partial charge in [0.2, 0.25) is 0 Å². The van der Waals surface area contributed by atoms with E-state index in [0.717, 1.165) is 30.4 Å². The van der Waals surface area contributed by atoms with Crippen molar-refractivity contribution in [1.29, 1.82) is 0 Å². The van der Waals surface area contributed by atoms with E-state index in [0.29, 0.717) is 29.5 Å². The molecule has 4 rings (SSSR count). The monoisotopic (exact) mass is 419 g/mol. The van der Waals surface area contributed by atoms with E-state index in [2.05, 4.69) is 20.8 Å². The van der Waals surface area contributed by atoms with Gasteiger partial charge >= 0.3 is 11.6 Å². The molecule has 0 saturated carbocycles. The number of halogens is 1. The first kappa shape index (κ1) is 17.7. The third kappa shape index (κ3) is 3.58. The van der Waals surface area contributed by atoms with Gasteiger partial charge in [0.25, 0.3) is 0 Å². The summed E-state index contributed by atoms with van der Waals surface area (Å²) < 4.78 is 11.7. The molecule has 2 aliphatic rings. The lowest BCUT2D eigenvalue weighted by Crippen LogP contribution is -2.49. The number of carbonyl (C=O) groups is 1. The lowest BCUT2D eigenvalue weighted by Gasteiger charge is -2.44. The van der Waals surface area contributed by atoms with Crippen molar-refractivity contribution in [2.24, 2.45) is 5.92 Å². The highest BCUT2D eigenvalue weighted by Gasteiger charge is 2.33. The Bertz CT molecular complexity index is 876. The van der Waals surface area contributed by atoms with Crippen LogP contribution in [0.5, 0.6) is 0 Å². The molecule has 1 aromatic carbocycles. The van der Waals surface area contributed by atoms with E-state index in [1.165, 1.54) is 19.3 Å². The summed E-state index contributed by atoms with van der Waals surface area (Å²) in [6, 6.07) is 7.38. The Morgan fingerprint density at radius 2 is 2.04 bits per heavy atom. The average Bonchev–Trinajstić information content (AvgIpc) is 2.66. The summed E-state index contributed by atoms with van der Waals surface area (Å²) in [5.74, 6) is -0.233. The molecule has 0 N–H and O–H groups in total. The minimum atomic E-state index is -0.646. The zero-order chi connectivity index (χ0) is 18.1. The fourth-order valence-electron chi connectivity index (χ4n) is 4.27. The Hall–Kier alpha value is -1.66. The van der Waals surface area contributed by atoms with Gasteiger partial charge in [0.15, 0.2) is 0 Å². The Balaban J connectivity index is 1.48. The van der Waals surface area contributed by atoms with Gasteiger partial charge < -0.3 is 9.15 Å². The van der Waals surface area contributed by atoms with Crippen LogP contribution in [0.3, 0.4) is 0 Å². The van der Waals surface area contributed by atoms with Crippen LogP contribution >= 0.6 is 15.9 Å². The molecule has 6 heteroatoms. The highest BCUT2D eigenvalue weighted by atomic mass is 79.9. The number of rotatable bonds is 3. The molecule has 5 nitrogen and oxygen atoms in total. The summed E-state index contributed by atoms with van der Waals surface area (Å²) in [7, 11) is 0. The fraction of sp³-hybridized carbons (Fsp3) is 0.500. The summed E-state index contributed by atoms with van der Waals surface area (Å²) in [5, 5.41) is 0.696. The van der Waals surface area contributed by atoms with E-state index < -0.39 is 11.6 Å². The zero-order valence-electron chi connectivity index (χ0n) is 14.6. The maximum Gasteiger partial charge on any atom is 0.351 e. The molecular weight excluding hydrogens is 398 g/mol. The van der Waals surface area contributed by atoms with Crippen molar-refractivity contribution < 1.29 is 13.9 Å². The quantitative estimate of drug-likeness (QED) is 0.556. The van der Waals surface area contributed by atoms with Gasteiger partial charge in [-0.25, -0.2) is 9.59 Å². The Morgan fingerprint density at radius 3 is 2.92 bits per heavy atom. The highest BCUT2D eigenvalue weighted by molar-refractivity contribution is 9.10. The average molecular weight is 420 g/mol. The Labute approximate surface area is 160 Å². The van der Waals surface area contributed by atoms with Crippen molar-refractivity contribution in [3.05, 3.63) is 44.7 Å². The van der Waals surface area contributed by atoms with Gasteiger partial charge in [-0.05, 0) is 63.0 Å². The standard InChI is InChI=1S/C20H22BrNO4/c21-15-6-7-18-14(10-15)11-16(20(24)26-18)19(23)25-12-13-4-3-9-22-8-2-1-5-17(13)22/h6-7,10-11,13,17H,1-5,8-9,12H2/t13-,17+/m0/s1. The number of ether oxygens (including phenoxy) is 1. The van der Waals surface area contributed by atoms with Crippen LogP contribution in [0.25, 0.3) is 11.0 Å². The van der Waals surface area contributed by atoms with Gasteiger partial charge in [-0.3, -0.25) is 4.90 Å². The van der Waals surface area contributed by atoms with E-state index in [1.807, 2.05) is 6.07 Å². The molecule has 0 unspecified atom stereocenters. The molecule has 2 aliphatic heterocycles. The number of fused-ring (bicyclic) bond motifs is 2. The van der Waals surface area contributed by atoms with Crippen molar-refractivity contribution >= 4 is 32.9 Å². The van der Waals surface area contributed by atoms with Gasteiger partial charge in [0, 0.05) is 21.8 Å². The van der Waals surface area contributed by atoms with E-state index >= 15 is 0 Å². The fourth-order valence-corrected chi connectivity index (χ4v) is 4.65. The smallest absolute Gasteiger partial charge is 0.351 e. The van der Waals surface area contributed by atoms with Gasteiger partial charge in [-0.15, -0.1) is 0 Å². The number of hydrogen-bond acceptors (Lipinski definition) is 5. The molecule has 0 amide bonds. The van der Waals surface area contributed by atoms with Crippen LogP contribution in [0.15, 0.2) is 37.9 Å². The Morgan fingerprint density at radius 1 is 1.19 bits per heavy atom. The first-order chi connectivity index (χ1) is 12.6. The normalized spacial score (nSPS) is 23.6. The predicted molar refractivity (Wildman–Crippen MR) is 102 cm³/mol. The van der Waals surface area contributed by atoms with Crippen LogP contribution < -0.4 is 5.63 Å². The maximum atomic E-state index is 12.5. The summed E-state index contributed by atoms with van der Waals surface area (Å²) in [6.07, 6.45) is 5.90. The molecule has 138 valence electrons. The molecule has 0 bridgehead atoms. The molecule has 2 fully saturated rings. The van der Waals surface area contributed by atoms with Crippen molar-refractivity contribution in [3.63, 3.8) is 0 Å². The number of hydrogen-bond donors (Lipinski definition) is 0. The zero-order valence-corrected chi connectivity index (χ0v) is 16.2. The molecule has 2 saturated heterocycles. The number of piperidine rings is 2. The van der Waals surface area contributed by atoms with Gasteiger partial charge in [0.05, 0.1) is 6.61 Å². The first-order valence-electron chi connectivity index (χ1n) is 9.26. The largest absolute Gasteiger partial charge is 0.462 e. The van der Waals surface area contributed by atoms with E-state index in [9.17, 15) is 9.59 Å². The van der Waals surface area contributed by atoms with Crippen LogP contribution in [0.4, 0.5) is 0 Å². The van der Waals surface area contributed by atoms with Gasteiger partial charge in [-0.2, -0.15) is 0 Å². The van der Waals surface area contributed by atoms with E-state index in [4.69, 9.17) is 9.15 Å². The van der Waals surface area contributed by atoms with Crippen molar-refractivity contribution in [3.8, 4) is 0 Å². The lowest BCUT2D eigenvalue weighted by molar-refractivity contribution is 0.00716. The third-order valence-electron chi connectivity index (χ3n) is 5.57. The van der Waals surface area contributed by atoms with Crippen molar-refractivity contribution in [2.45, 2.75) is 38.1 Å². The van der Waals surface area contributed by atoms with Crippen molar-refractivity contribution in [1.82, 2.24) is 4.90 Å². The molecule has 2 atom stereocenters. The molecule has 26 heavy (non-hydrogen) atoms. The van der Waals surface area contributed by atoms with Crippen LogP contribution in [0, 0.1) is 5.92 Å². The number of esters is 1. The van der Waals surface area contributed by atoms with E-state index in [-0.39, 0.29) is 5.56 Å². The lowest BCUT2D eigenvalue weighted by atomic mass is 9.84. The summed E-state index contributed by atoms with van der Waals surface area (Å²) in [4.78, 5) is 27.2. The van der Waals surface area contributed by atoms with Gasteiger partial charge in [-0.1, -0.05) is 22.4 Å². The molecule has 1 aromatic heterocycles. The SMILES string of the molecule is O=C(OC[C@@H]1CCCN2CCCC[C@H]12)c1cc2cc(Br)ccc2oc1=O. The first-order valence-corrected chi connectivity index (χ1v) is 10.1. The molecular formula is C20H22BrNO4. The molecule has 0 radical (unpaired) electrons. The number of carbonyl (C=O) groups excluding carboxylic acids is 1. The summed E-state index contributed by atoms with van der Waals surface area (Å²) in [5.41, 5.74) is -0.223. The topological polar surface area (TPSA) is 59.8 Å². The third-order valence-corrected chi connectivity index (χ3v) is 6.06. The molecule has 0 aliphatic carbocycles. The Kier molecular flexibility index (Phi) is 5.14. The molecule has 3 heterocycles. The summed E-state index contributed by atoms with van der Waals surface area (Å²) in [6.45, 7) is 2.67. The van der Waals surface area contributed by atoms with Crippen LogP contribution in [0.1, 0.15) is 42.5 Å². The minimum absolute atomic E-state index is 0.0353. The number of benzene rings is 1. The maximum absolute atomic E-state index is 12.5.